The van der Waals surface area contributed by atoms with Gasteiger partial charge in [0.05, 0.1) is 23.3 Å². The first-order valence-electron chi connectivity index (χ1n) is 8.43. The van der Waals surface area contributed by atoms with E-state index in [4.69, 9.17) is 4.52 Å². The van der Waals surface area contributed by atoms with Crippen molar-refractivity contribution < 1.29 is 9.32 Å². The fourth-order valence-corrected chi connectivity index (χ4v) is 2.99. The van der Waals surface area contributed by atoms with E-state index in [0.29, 0.717) is 36.7 Å². The molecule has 0 fully saturated rings. The molecule has 3 aromatic rings. The van der Waals surface area contributed by atoms with Crippen LogP contribution in [0, 0.1) is 0 Å². The lowest BCUT2D eigenvalue weighted by atomic mass is 10.2. The Morgan fingerprint density at radius 3 is 3.08 bits per heavy atom. The third kappa shape index (κ3) is 5.24. The Labute approximate surface area is 155 Å². The van der Waals surface area contributed by atoms with E-state index in [1.54, 1.807) is 17.5 Å². The molecule has 1 N–H and O–H groups in total. The van der Waals surface area contributed by atoms with Gasteiger partial charge in [-0.25, -0.2) is 0 Å². The standard InChI is InChI=1S/C17H22N6O2S/c1-22(2)8-9-23-12-13(11-18-23)19-15(24)6-3-7-16-20-17(21-25-16)14-5-4-10-26-14/h4-5,10-12H,3,6-9H2,1-2H3,(H,19,24). The highest BCUT2D eigenvalue weighted by Gasteiger charge is 2.10. The number of aromatic nitrogens is 4. The molecule has 0 saturated heterocycles. The molecule has 3 heterocycles. The first-order valence-corrected chi connectivity index (χ1v) is 9.31. The van der Waals surface area contributed by atoms with E-state index < -0.39 is 0 Å². The second-order valence-electron chi connectivity index (χ2n) is 6.19. The molecule has 0 bridgehead atoms. The van der Waals surface area contributed by atoms with Crippen LogP contribution in [-0.4, -0.2) is 51.4 Å². The van der Waals surface area contributed by atoms with Gasteiger partial charge in [-0.05, 0) is 32.0 Å². The summed E-state index contributed by atoms with van der Waals surface area (Å²) in [5.74, 6) is 1.11. The predicted octanol–water partition coefficient (Wildman–Crippen LogP) is 2.52. The van der Waals surface area contributed by atoms with E-state index in [1.807, 2.05) is 42.5 Å². The van der Waals surface area contributed by atoms with Crippen LogP contribution in [0.15, 0.2) is 34.4 Å². The maximum Gasteiger partial charge on any atom is 0.226 e. The van der Waals surface area contributed by atoms with Crippen molar-refractivity contribution in [1.82, 2.24) is 24.8 Å². The zero-order valence-corrected chi connectivity index (χ0v) is 15.7. The largest absolute Gasteiger partial charge is 0.339 e. The van der Waals surface area contributed by atoms with Crippen LogP contribution in [0.25, 0.3) is 10.7 Å². The Balaban J connectivity index is 1.40. The molecule has 0 aliphatic rings. The molecule has 0 aliphatic heterocycles. The minimum Gasteiger partial charge on any atom is -0.339 e. The Hall–Kier alpha value is -2.52. The molecule has 9 heteroatoms. The summed E-state index contributed by atoms with van der Waals surface area (Å²) in [5, 5.41) is 13.0. The Morgan fingerprint density at radius 1 is 1.42 bits per heavy atom. The van der Waals surface area contributed by atoms with Crippen LogP contribution in [0.3, 0.4) is 0 Å². The number of carbonyl (C=O) groups is 1. The van der Waals surface area contributed by atoms with E-state index in [-0.39, 0.29) is 5.91 Å². The maximum absolute atomic E-state index is 12.0. The van der Waals surface area contributed by atoms with Crippen LogP contribution in [0.1, 0.15) is 18.7 Å². The molecule has 0 aliphatic carbocycles. The van der Waals surface area contributed by atoms with Gasteiger partial charge in [0.15, 0.2) is 0 Å². The lowest BCUT2D eigenvalue weighted by Gasteiger charge is -2.08. The molecule has 0 unspecified atom stereocenters. The number of thiophene rings is 1. The second kappa shape index (κ2) is 8.72. The van der Waals surface area contributed by atoms with E-state index in [2.05, 4.69) is 25.5 Å². The number of anilines is 1. The summed E-state index contributed by atoms with van der Waals surface area (Å²) in [5.41, 5.74) is 0.714. The fraction of sp³-hybridized carbons (Fsp3) is 0.412. The van der Waals surface area contributed by atoms with Crippen LogP contribution in [0.2, 0.25) is 0 Å². The topological polar surface area (TPSA) is 89.1 Å². The van der Waals surface area contributed by atoms with E-state index in [0.717, 1.165) is 18.0 Å². The quantitative estimate of drug-likeness (QED) is 0.619. The van der Waals surface area contributed by atoms with E-state index >= 15 is 0 Å². The molecule has 8 nitrogen and oxygen atoms in total. The first kappa shape index (κ1) is 18.3. The van der Waals surface area contributed by atoms with Gasteiger partial charge in [0.25, 0.3) is 0 Å². The molecule has 0 radical (unpaired) electrons. The zero-order valence-electron chi connectivity index (χ0n) is 14.9. The van der Waals surface area contributed by atoms with Crippen LogP contribution in [0.5, 0.6) is 0 Å². The lowest BCUT2D eigenvalue weighted by molar-refractivity contribution is -0.116. The molecular formula is C17H22N6O2S. The molecule has 0 aromatic carbocycles. The van der Waals surface area contributed by atoms with Crippen LogP contribution in [0.4, 0.5) is 5.69 Å². The number of aryl methyl sites for hydroxylation is 1. The number of rotatable bonds is 9. The van der Waals surface area contributed by atoms with Gasteiger partial charge in [0.1, 0.15) is 0 Å². The minimum atomic E-state index is -0.0462. The molecule has 0 atom stereocenters. The molecule has 26 heavy (non-hydrogen) atoms. The third-order valence-corrected chi connectivity index (χ3v) is 4.56. The van der Waals surface area contributed by atoms with Gasteiger partial charge in [-0.1, -0.05) is 11.2 Å². The molecule has 138 valence electrons. The van der Waals surface area contributed by atoms with Gasteiger partial charge < -0.3 is 14.7 Å². The molecule has 0 saturated carbocycles. The van der Waals surface area contributed by atoms with Crippen molar-refractivity contribution in [2.75, 3.05) is 26.0 Å². The number of hydrogen-bond acceptors (Lipinski definition) is 7. The molecule has 3 aromatic heterocycles. The second-order valence-corrected chi connectivity index (χ2v) is 7.13. The van der Waals surface area contributed by atoms with Crippen molar-refractivity contribution >= 4 is 22.9 Å². The van der Waals surface area contributed by atoms with Crippen molar-refractivity contribution in [2.24, 2.45) is 0 Å². The molecular weight excluding hydrogens is 352 g/mol. The van der Waals surface area contributed by atoms with Crippen molar-refractivity contribution in [3.05, 3.63) is 35.8 Å². The monoisotopic (exact) mass is 374 g/mol. The predicted molar refractivity (Wildman–Crippen MR) is 100.0 cm³/mol. The number of hydrogen-bond donors (Lipinski definition) is 1. The van der Waals surface area contributed by atoms with Crippen LogP contribution >= 0.6 is 11.3 Å². The normalized spacial score (nSPS) is 11.2. The average molecular weight is 374 g/mol. The van der Waals surface area contributed by atoms with Gasteiger partial charge >= 0.3 is 0 Å². The minimum absolute atomic E-state index is 0.0462. The molecule has 1 amide bonds. The van der Waals surface area contributed by atoms with Crippen LogP contribution in [-0.2, 0) is 17.8 Å². The number of likely N-dealkylation sites (N-methyl/N-ethyl adjacent to an activating group) is 1. The zero-order chi connectivity index (χ0) is 18.4. The summed E-state index contributed by atoms with van der Waals surface area (Å²) in [6, 6.07) is 3.90. The Bertz CT molecular complexity index is 824. The van der Waals surface area contributed by atoms with Gasteiger partial charge in [-0.15, -0.1) is 11.3 Å². The highest BCUT2D eigenvalue weighted by atomic mass is 32.1. The number of nitrogens with one attached hydrogen (secondary N) is 1. The Kier molecular flexibility index (Phi) is 6.13. The number of nitrogens with zero attached hydrogens (tertiary/aromatic N) is 5. The fourth-order valence-electron chi connectivity index (χ4n) is 2.34. The molecule has 3 rings (SSSR count). The number of carbonyl (C=O) groups excluding carboxylic acids is 1. The first-order chi connectivity index (χ1) is 12.6. The van der Waals surface area contributed by atoms with Gasteiger partial charge in [-0.3, -0.25) is 9.48 Å². The summed E-state index contributed by atoms with van der Waals surface area (Å²) >= 11 is 1.57. The Morgan fingerprint density at radius 2 is 2.31 bits per heavy atom. The third-order valence-electron chi connectivity index (χ3n) is 3.70. The van der Waals surface area contributed by atoms with Gasteiger partial charge in [-0.2, -0.15) is 10.1 Å². The van der Waals surface area contributed by atoms with Crippen molar-refractivity contribution in [1.29, 1.82) is 0 Å². The number of amides is 1. The summed E-state index contributed by atoms with van der Waals surface area (Å²) in [6.07, 6.45) is 5.12. The highest BCUT2D eigenvalue weighted by molar-refractivity contribution is 7.13. The van der Waals surface area contributed by atoms with Crippen molar-refractivity contribution in [3.8, 4) is 10.7 Å². The lowest BCUT2D eigenvalue weighted by Crippen LogP contribution is -2.18. The summed E-state index contributed by atoms with van der Waals surface area (Å²) in [4.78, 5) is 19.5. The smallest absolute Gasteiger partial charge is 0.226 e. The highest BCUT2D eigenvalue weighted by Crippen LogP contribution is 2.21. The van der Waals surface area contributed by atoms with Gasteiger partial charge in [0, 0.05) is 25.6 Å². The van der Waals surface area contributed by atoms with Gasteiger partial charge in [0.2, 0.25) is 17.6 Å². The maximum atomic E-state index is 12.0. The SMILES string of the molecule is CN(C)CCn1cc(NC(=O)CCCc2nc(-c3cccs3)no2)cn1. The summed E-state index contributed by atoms with van der Waals surface area (Å²) < 4.78 is 7.05. The average Bonchev–Trinajstić information content (AvgIpc) is 3.34. The van der Waals surface area contributed by atoms with Crippen LogP contribution < -0.4 is 5.32 Å². The summed E-state index contributed by atoms with van der Waals surface area (Å²) in [7, 11) is 4.03. The summed E-state index contributed by atoms with van der Waals surface area (Å²) in [6.45, 7) is 1.68. The van der Waals surface area contributed by atoms with Crippen molar-refractivity contribution in [3.63, 3.8) is 0 Å². The van der Waals surface area contributed by atoms with E-state index in [1.165, 1.54) is 0 Å². The van der Waals surface area contributed by atoms with Crippen molar-refractivity contribution in [2.45, 2.75) is 25.8 Å². The van der Waals surface area contributed by atoms with E-state index in [9.17, 15) is 4.79 Å². The molecule has 0 spiro atoms.